The lowest BCUT2D eigenvalue weighted by Gasteiger charge is -2.07. The minimum absolute atomic E-state index is 0.239. The van der Waals surface area contributed by atoms with Crippen molar-refractivity contribution in [1.29, 1.82) is 0 Å². The smallest absolute Gasteiger partial charge is 0.134 e. The van der Waals surface area contributed by atoms with Crippen molar-refractivity contribution in [1.82, 2.24) is 9.97 Å². The molecule has 0 spiro atoms. The van der Waals surface area contributed by atoms with Crippen molar-refractivity contribution >= 4 is 23.2 Å². The number of hydrogen-bond acceptors (Lipinski definition) is 2. The molecule has 2 aromatic rings. The van der Waals surface area contributed by atoms with Crippen molar-refractivity contribution in [3.05, 3.63) is 57.3 Å². The monoisotopic (exact) mass is 298 g/mol. The first-order valence-corrected chi connectivity index (χ1v) is 6.81. The standard InChI is InChI=1S/C14H13Cl2FN2/c1-2-4-9-7-13(16)19-14(18-9)8-10-11(15)5-3-6-12(10)17/h3,5-7H,2,4,8H2,1H3. The Bertz CT molecular complexity index is 567. The van der Waals surface area contributed by atoms with Crippen LogP contribution in [-0.4, -0.2) is 9.97 Å². The highest BCUT2D eigenvalue weighted by atomic mass is 35.5. The highest BCUT2D eigenvalue weighted by Gasteiger charge is 2.11. The average Bonchev–Trinajstić information content (AvgIpc) is 2.34. The van der Waals surface area contributed by atoms with Gasteiger partial charge in [0.1, 0.15) is 16.8 Å². The quantitative estimate of drug-likeness (QED) is 0.779. The average molecular weight is 299 g/mol. The summed E-state index contributed by atoms with van der Waals surface area (Å²) in [6.07, 6.45) is 2.02. The van der Waals surface area contributed by atoms with Crippen LogP contribution in [0.15, 0.2) is 24.3 Å². The first kappa shape index (κ1) is 14.2. The van der Waals surface area contributed by atoms with E-state index >= 15 is 0 Å². The third-order valence-corrected chi connectivity index (χ3v) is 3.24. The van der Waals surface area contributed by atoms with Crippen molar-refractivity contribution < 1.29 is 4.39 Å². The Hall–Kier alpha value is -1.19. The van der Waals surface area contributed by atoms with Crippen LogP contribution in [0, 0.1) is 5.82 Å². The minimum atomic E-state index is -0.354. The number of halogens is 3. The van der Waals surface area contributed by atoms with E-state index in [-0.39, 0.29) is 12.2 Å². The molecule has 1 aromatic carbocycles. The lowest BCUT2D eigenvalue weighted by atomic mass is 10.1. The summed E-state index contributed by atoms with van der Waals surface area (Å²) >= 11 is 11.9. The molecule has 0 saturated carbocycles. The van der Waals surface area contributed by atoms with E-state index in [1.54, 1.807) is 18.2 Å². The van der Waals surface area contributed by atoms with Gasteiger partial charge in [-0.3, -0.25) is 0 Å². The number of benzene rings is 1. The van der Waals surface area contributed by atoms with Crippen molar-refractivity contribution in [3.8, 4) is 0 Å². The Morgan fingerprint density at radius 2 is 2.00 bits per heavy atom. The van der Waals surface area contributed by atoms with E-state index < -0.39 is 0 Å². The molecule has 0 bridgehead atoms. The van der Waals surface area contributed by atoms with Crippen molar-refractivity contribution in [3.63, 3.8) is 0 Å². The third-order valence-electron chi connectivity index (χ3n) is 2.70. The van der Waals surface area contributed by atoms with Gasteiger partial charge in [0.2, 0.25) is 0 Å². The molecule has 1 heterocycles. The molecule has 5 heteroatoms. The van der Waals surface area contributed by atoms with E-state index in [1.165, 1.54) is 6.07 Å². The summed E-state index contributed by atoms with van der Waals surface area (Å²) in [4.78, 5) is 8.50. The van der Waals surface area contributed by atoms with E-state index in [4.69, 9.17) is 23.2 Å². The first-order valence-electron chi connectivity index (χ1n) is 6.05. The van der Waals surface area contributed by atoms with Crippen LogP contribution in [0.1, 0.15) is 30.4 Å². The molecular formula is C14H13Cl2FN2. The molecule has 1 aromatic heterocycles. The lowest BCUT2D eigenvalue weighted by molar-refractivity contribution is 0.612. The summed E-state index contributed by atoms with van der Waals surface area (Å²) in [7, 11) is 0. The zero-order chi connectivity index (χ0) is 13.8. The van der Waals surface area contributed by atoms with Crippen LogP contribution in [0.4, 0.5) is 4.39 Å². The highest BCUT2D eigenvalue weighted by molar-refractivity contribution is 6.31. The minimum Gasteiger partial charge on any atom is -0.237 e. The van der Waals surface area contributed by atoms with Crippen LogP contribution in [0.25, 0.3) is 0 Å². The van der Waals surface area contributed by atoms with Crippen LogP contribution in [-0.2, 0) is 12.8 Å². The molecule has 0 N–H and O–H groups in total. The second kappa shape index (κ2) is 6.31. The highest BCUT2D eigenvalue weighted by Crippen LogP contribution is 2.22. The van der Waals surface area contributed by atoms with E-state index in [0.29, 0.717) is 21.6 Å². The molecule has 2 nitrogen and oxygen atoms in total. The van der Waals surface area contributed by atoms with Crippen LogP contribution in [0.2, 0.25) is 10.2 Å². The zero-order valence-electron chi connectivity index (χ0n) is 10.5. The van der Waals surface area contributed by atoms with Gasteiger partial charge in [0, 0.05) is 22.7 Å². The van der Waals surface area contributed by atoms with Gasteiger partial charge in [-0.1, -0.05) is 42.6 Å². The summed E-state index contributed by atoms with van der Waals surface area (Å²) in [6, 6.07) is 6.33. The molecule has 0 aliphatic heterocycles. The number of aryl methyl sites for hydroxylation is 1. The normalized spacial score (nSPS) is 10.7. The Balaban J connectivity index is 2.33. The second-order valence-corrected chi connectivity index (χ2v) is 5.02. The molecule has 0 aliphatic carbocycles. The predicted molar refractivity (Wildman–Crippen MR) is 75.3 cm³/mol. The lowest BCUT2D eigenvalue weighted by Crippen LogP contribution is -2.03. The van der Waals surface area contributed by atoms with Crippen LogP contribution in [0.3, 0.4) is 0 Å². The Kier molecular flexibility index (Phi) is 4.72. The van der Waals surface area contributed by atoms with Gasteiger partial charge in [0.25, 0.3) is 0 Å². The summed E-state index contributed by atoms with van der Waals surface area (Å²) in [6.45, 7) is 2.06. The van der Waals surface area contributed by atoms with E-state index in [9.17, 15) is 4.39 Å². The van der Waals surface area contributed by atoms with Gasteiger partial charge in [-0.05, 0) is 24.6 Å². The molecule has 0 radical (unpaired) electrons. The first-order chi connectivity index (χ1) is 9.10. The predicted octanol–water partition coefficient (Wildman–Crippen LogP) is 4.47. The van der Waals surface area contributed by atoms with Gasteiger partial charge in [-0.25, -0.2) is 14.4 Å². The van der Waals surface area contributed by atoms with Crippen molar-refractivity contribution in [2.24, 2.45) is 0 Å². The van der Waals surface area contributed by atoms with Crippen molar-refractivity contribution in [2.45, 2.75) is 26.2 Å². The van der Waals surface area contributed by atoms with E-state index in [0.717, 1.165) is 18.5 Å². The molecule has 0 amide bonds. The topological polar surface area (TPSA) is 25.8 Å². The van der Waals surface area contributed by atoms with Gasteiger partial charge >= 0.3 is 0 Å². The molecule has 0 atom stereocenters. The number of nitrogens with zero attached hydrogens (tertiary/aromatic N) is 2. The van der Waals surface area contributed by atoms with Gasteiger partial charge < -0.3 is 0 Å². The fraction of sp³-hybridized carbons (Fsp3) is 0.286. The SMILES string of the molecule is CCCc1cc(Cl)nc(Cc2c(F)cccc2Cl)n1. The maximum atomic E-state index is 13.7. The molecule has 0 unspecified atom stereocenters. The summed E-state index contributed by atoms with van der Waals surface area (Å²) in [5, 5.41) is 0.751. The maximum Gasteiger partial charge on any atom is 0.134 e. The van der Waals surface area contributed by atoms with E-state index in [2.05, 4.69) is 16.9 Å². The Labute approximate surface area is 121 Å². The molecule has 100 valence electrons. The molecule has 0 saturated heterocycles. The van der Waals surface area contributed by atoms with Gasteiger partial charge in [0.05, 0.1) is 0 Å². The molecule has 0 aliphatic rings. The van der Waals surface area contributed by atoms with Gasteiger partial charge in [0.15, 0.2) is 0 Å². The van der Waals surface area contributed by atoms with Crippen LogP contribution in [0.5, 0.6) is 0 Å². The summed E-state index contributed by atoms with van der Waals surface area (Å²) < 4.78 is 13.7. The fourth-order valence-corrected chi connectivity index (χ4v) is 2.29. The Morgan fingerprint density at radius 1 is 1.21 bits per heavy atom. The maximum absolute atomic E-state index is 13.7. The Morgan fingerprint density at radius 3 is 2.68 bits per heavy atom. The second-order valence-electron chi connectivity index (χ2n) is 4.23. The summed E-state index contributed by atoms with van der Waals surface area (Å²) in [5.74, 6) is 0.135. The molecular weight excluding hydrogens is 286 g/mol. The van der Waals surface area contributed by atoms with Crippen molar-refractivity contribution in [2.75, 3.05) is 0 Å². The van der Waals surface area contributed by atoms with Gasteiger partial charge in [-0.15, -0.1) is 0 Å². The number of hydrogen-bond donors (Lipinski definition) is 0. The molecule has 0 fully saturated rings. The third kappa shape index (κ3) is 3.64. The van der Waals surface area contributed by atoms with Crippen LogP contribution < -0.4 is 0 Å². The van der Waals surface area contributed by atoms with E-state index in [1.807, 2.05) is 0 Å². The van der Waals surface area contributed by atoms with Gasteiger partial charge in [-0.2, -0.15) is 0 Å². The zero-order valence-corrected chi connectivity index (χ0v) is 12.0. The van der Waals surface area contributed by atoms with Crippen LogP contribution >= 0.6 is 23.2 Å². The fourth-order valence-electron chi connectivity index (χ4n) is 1.84. The molecule has 19 heavy (non-hydrogen) atoms. The number of aromatic nitrogens is 2. The number of rotatable bonds is 4. The molecule has 2 rings (SSSR count). The largest absolute Gasteiger partial charge is 0.237 e. The summed E-state index contributed by atoms with van der Waals surface area (Å²) in [5.41, 5.74) is 1.26.